The third-order valence-electron chi connectivity index (χ3n) is 3.43. The molecule has 0 radical (unpaired) electrons. The van der Waals surface area contributed by atoms with E-state index in [4.69, 9.17) is 10.5 Å². The number of nitrogens with two attached hydrogens (primary N) is 1. The Bertz CT molecular complexity index is 538. The van der Waals surface area contributed by atoms with Crippen molar-refractivity contribution in [1.29, 1.82) is 0 Å². The molecule has 1 unspecified atom stereocenters. The molecule has 0 aliphatic carbocycles. The number of hydrogen-bond donors (Lipinski definition) is 2. The highest BCUT2D eigenvalue weighted by atomic mass is 16.6. The minimum atomic E-state index is -0.689. The third-order valence-corrected chi connectivity index (χ3v) is 3.43. The van der Waals surface area contributed by atoms with Crippen LogP contribution in [-0.2, 0) is 4.74 Å². The lowest BCUT2D eigenvalue weighted by Crippen LogP contribution is -2.32. The molecule has 1 aliphatic heterocycles. The number of nitrogens with zero attached hydrogens (tertiary/aromatic N) is 1. The van der Waals surface area contributed by atoms with Crippen molar-refractivity contribution < 1.29 is 14.5 Å². The van der Waals surface area contributed by atoms with Crippen LogP contribution in [0.25, 0.3) is 0 Å². The van der Waals surface area contributed by atoms with Crippen LogP contribution in [0.15, 0.2) is 18.2 Å². The molecule has 1 aromatic carbocycles. The zero-order valence-corrected chi connectivity index (χ0v) is 11.2. The van der Waals surface area contributed by atoms with Gasteiger partial charge in [0.05, 0.1) is 10.5 Å². The van der Waals surface area contributed by atoms with Crippen molar-refractivity contribution in [1.82, 2.24) is 0 Å². The van der Waals surface area contributed by atoms with Gasteiger partial charge in [-0.1, -0.05) is 0 Å². The van der Waals surface area contributed by atoms with Crippen LogP contribution in [0.4, 0.5) is 11.4 Å². The van der Waals surface area contributed by atoms with E-state index in [2.05, 4.69) is 5.32 Å². The van der Waals surface area contributed by atoms with Crippen molar-refractivity contribution in [2.75, 3.05) is 18.5 Å². The van der Waals surface area contributed by atoms with Gasteiger partial charge in [0.15, 0.2) is 0 Å². The maximum absolute atomic E-state index is 11.1. The summed E-state index contributed by atoms with van der Waals surface area (Å²) in [4.78, 5) is 21.6. The lowest BCUT2D eigenvalue weighted by molar-refractivity contribution is -0.384. The number of amides is 1. The highest BCUT2D eigenvalue weighted by molar-refractivity contribution is 5.94. The predicted molar refractivity (Wildman–Crippen MR) is 73.7 cm³/mol. The quantitative estimate of drug-likeness (QED) is 0.629. The van der Waals surface area contributed by atoms with E-state index in [0.717, 1.165) is 12.8 Å². The van der Waals surface area contributed by atoms with Crippen molar-refractivity contribution in [2.45, 2.75) is 25.4 Å². The number of rotatable bonds is 5. The summed E-state index contributed by atoms with van der Waals surface area (Å²) in [6.07, 6.45) is 1.90. The molecular weight excluding hydrogens is 262 g/mol. The summed E-state index contributed by atoms with van der Waals surface area (Å²) >= 11 is 0. The minimum Gasteiger partial charge on any atom is -0.377 e. The molecule has 7 nitrogen and oxygen atoms in total. The Morgan fingerprint density at radius 2 is 2.35 bits per heavy atom. The molecule has 1 aliphatic rings. The maximum atomic E-state index is 11.1. The van der Waals surface area contributed by atoms with Crippen LogP contribution < -0.4 is 11.1 Å². The topological polar surface area (TPSA) is 107 Å². The van der Waals surface area contributed by atoms with Gasteiger partial charge in [-0.15, -0.1) is 0 Å². The molecule has 108 valence electrons. The lowest BCUT2D eigenvalue weighted by atomic mass is 10.0. The number of primary amides is 1. The monoisotopic (exact) mass is 279 g/mol. The summed E-state index contributed by atoms with van der Waals surface area (Å²) in [6, 6.07) is 4.15. The number of carbonyl (C=O) groups is 1. The second kappa shape index (κ2) is 5.46. The van der Waals surface area contributed by atoms with Crippen LogP contribution in [0.5, 0.6) is 0 Å². The lowest BCUT2D eigenvalue weighted by Gasteiger charge is -2.23. The van der Waals surface area contributed by atoms with E-state index < -0.39 is 10.8 Å². The van der Waals surface area contributed by atoms with Crippen LogP contribution in [0.3, 0.4) is 0 Å². The van der Waals surface area contributed by atoms with Gasteiger partial charge in [-0.2, -0.15) is 0 Å². The van der Waals surface area contributed by atoms with Gasteiger partial charge < -0.3 is 15.8 Å². The van der Waals surface area contributed by atoms with E-state index in [1.54, 1.807) is 0 Å². The molecule has 0 spiro atoms. The van der Waals surface area contributed by atoms with Crippen LogP contribution in [0.2, 0.25) is 0 Å². The third kappa shape index (κ3) is 3.05. The van der Waals surface area contributed by atoms with E-state index in [1.165, 1.54) is 18.2 Å². The summed E-state index contributed by atoms with van der Waals surface area (Å²) in [5.41, 5.74) is 5.13. The summed E-state index contributed by atoms with van der Waals surface area (Å²) in [5.74, 6) is -0.689. The average molecular weight is 279 g/mol. The molecule has 1 heterocycles. The zero-order chi connectivity index (χ0) is 14.8. The molecule has 3 N–H and O–H groups in total. The maximum Gasteiger partial charge on any atom is 0.293 e. The Balaban J connectivity index is 2.18. The van der Waals surface area contributed by atoms with Gasteiger partial charge in [0, 0.05) is 24.8 Å². The van der Waals surface area contributed by atoms with Gasteiger partial charge in [0.25, 0.3) is 5.69 Å². The highest BCUT2D eigenvalue weighted by Crippen LogP contribution is 2.29. The first kappa shape index (κ1) is 14.3. The van der Waals surface area contributed by atoms with Gasteiger partial charge in [-0.3, -0.25) is 14.9 Å². The van der Waals surface area contributed by atoms with Crippen molar-refractivity contribution in [3.05, 3.63) is 33.9 Å². The Hall–Kier alpha value is -2.15. The number of hydrogen-bond acceptors (Lipinski definition) is 5. The largest absolute Gasteiger partial charge is 0.377 e. The first-order valence-corrected chi connectivity index (χ1v) is 6.37. The number of nitro benzene ring substituents is 1. The zero-order valence-electron chi connectivity index (χ0n) is 11.2. The fourth-order valence-corrected chi connectivity index (χ4v) is 2.24. The summed E-state index contributed by atoms with van der Waals surface area (Å²) < 4.78 is 5.62. The Morgan fingerprint density at radius 3 is 2.90 bits per heavy atom. The Labute approximate surface area is 116 Å². The number of nitro groups is 1. The number of anilines is 1. The van der Waals surface area contributed by atoms with Crippen molar-refractivity contribution in [3.63, 3.8) is 0 Å². The van der Waals surface area contributed by atoms with Gasteiger partial charge in [0.1, 0.15) is 5.69 Å². The smallest absolute Gasteiger partial charge is 0.293 e. The number of nitrogens with one attached hydrogen (secondary N) is 1. The summed E-state index contributed by atoms with van der Waals surface area (Å²) in [7, 11) is 0. The van der Waals surface area contributed by atoms with Crippen LogP contribution in [-0.4, -0.2) is 29.6 Å². The molecule has 1 saturated heterocycles. The van der Waals surface area contributed by atoms with E-state index >= 15 is 0 Å². The molecule has 1 fully saturated rings. The fourth-order valence-electron chi connectivity index (χ4n) is 2.24. The first-order chi connectivity index (χ1) is 9.41. The first-order valence-electron chi connectivity index (χ1n) is 6.37. The number of carbonyl (C=O) groups excluding carboxylic acids is 1. The molecule has 20 heavy (non-hydrogen) atoms. The van der Waals surface area contributed by atoms with E-state index in [1.807, 2.05) is 6.92 Å². The predicted octanol–water partition coefficient (Wildman–Crippen LogP) is 1.67. The van der Waals surface area contributed by atoms with Crippen LogP contribution >= 0.6 is 0 Å². The molecule has 1 aromatic rings. The SMILES string of the molecule is CC1(CNc2ccc(C(N)=O)cc2[N+](=O)[O-])CCCO1. The number of benzene rings is 1. The molecule has 2 rings (SSSR count). The summed E-state index contributed by atoms with van der Waals surface area (Å²) in [5, 5.41) is 14.1. The standard InChI is InChI=1S/C13H17N3O4/c1-13(5-2-6-20-13)8-15-10-4-3-9(12(14)17)7-11(10)16(18)19/h3-4,7,15H,2,5-6,8H2,1H3,(H2,14,17). The molecule has 7 heteroatoms. The number of ether oxygens (including phenoxy) is 1. The normalized spacial score (nSPS) is 21.6. The van der Waals surface area contributed by atoms with Gasteiger partial charge >= 0.3 is 0 Å². The molecule has 1 atom stereocenters. The van der Waals surface area contributed by atoms with Gasteiger partial charge in [-0.25, -0.2) is 0 Å². The van der Waals surface area contributed by atoms with Crippen molar-refractivity contribution in [3.8, 4) is 0 Å². The highest BCUT2D eigenvalue weighted by Gasteiger charge is 2.30. The van der Waals surface area contributed by atoms with Crippen molar-refractivity contribution >= 4 is 17.3 Å². The second-order valence-corrected chi connectivity index (χ2v) is 5.11. The van der Waals surface area contributed by atoms with E-state index in [-0.39, 0.29) is 16.9 Å². The molecule has 0 saturated carbocycles. The van der Waals surface area contributed by atoms with E-state index in [9.17, 15) is 14.9 Å². The van der Waals surface area contributed by atoms with E-state index in [0.29, 0.717) is 18.8 Å². The summed E-state index contributed by atoms with van der Waals surface area (Å²) in [6.45, 7) is 3.15. The minimum absolute atomic E-state index is 0.116. The molecule has 0 aromatic heterocycles. The Kier molecular flexibility index (Phi) is 3.89. The Morgan fingerprint density at radius 1 is 1.60 bits per heavy atom. The molecule has 0 bridgehead atoms. The second-order valence-electron chi connectivity index (χ2n) is 5.11. The average Bonchev–Trinajstić information content (AvgIpc) is 2.83. The van der Waals surface area contributed by atoms with Crippen molar-refractivity contribution in [2.24, 2.45) is 5.73 Å². The molecular formula is C13H17N3O4. The van der Waals surface area contributed by atoms with Gasteiger partial charge in [0.2, 0.25) is 5.91 Å². The van der Waals surface area contributed by atoms with Crippen LogP contribution in [0.1, 0.15) is 30.1 Å². The van der Waals surface area contributed by atoms with Gasteiger partial charge in [-0.05, 0) is 31.9 Å². The van der Waals surface area contributed by atoms with Crippen LogP contribution in [0, 0.1) is 10.1 Å². The molecule has 1 amide bonds. The fraction of sp³-hybridized carbons (Fsp3) is 0.462.